The monoisotopic (exact) mass is 622 g/mol. The molecule has 2 fully saturated rings. The molecule has 0 aromatic heterocycles. The minimum absolute atomic E-state index is 0. The zero-order valence-electron chi connectivity index (χ0n) is 21.6. The van der Waals surface area contributed by atoms with Crippen molar-refractivity contribution in [3.05, 3.63) is 134 Å². The molecular formula is C30H34FeN2O2SSe. The van der Waals surface area contributed by atoms with Gasteiger partial charge in [0.25, 0.3) is 0 Å². The molecule has 196 valence electrons. The van der Waals surface area contributed by atoms with Crippen LogP contribution in [0.2, 0.25) is 5.32 Å². The Hall–Kier alpha value is -1.07. The van der Waals surface area contributed by atoms with Gasteiger partial charge in [0.1, 0.15) is 0 Å². The molecule has 4 nitrogen and oxygen atoms in total. The Morgan fingerprint density at radius 3 is 2.05 bits per heavy atom. The Bertz CT molecular complexity index is 1090. The molecule has 10 radical (unpaired) electrons. The fourth-order valence-electron chi connectivity index (χ4n) is 3.45. The van der Waals surface area contributed by atoms with Crippen LogP contribution in [-0.4, -0.2) is 47.2 Å². The smallest absolute Gasteiger partial charge is 0 e. The van der Waals surface area contributed by atoms with Crippen molar-refractivity contribution in [2.24, 2.45) is 3.37 Å². The molecule has 2 aliphatic rings. The molecule has 0 amide bonds. The van der Waals surface area contributed by atoms with E-state index < -0.39 is 23.7 Å². The van der Waals surface area contributed by atoms with Crippen LogP contribution >= 0.6 is 0 Å². The molecule has 0 bridgehead atoms. The van der Waals surface area contributed by atoms with Crippen molar-refractivity contribution in [2.75, 3.05) is 14.1 Å². The average molecular weight is 621 g/mol. The van der Waals surface area contributed by atoms with Crippen LogP contribution in [0, 0.1) is 69.0 Å². The van der Waals surface area contributed by atoms with E-state index in [1.165, 1.54) is 0 Å². The van der Waals surface area contributed by atoms with E-state index in [9.17, 15) is 8.42 Å². The summed E-state index contributed by atoms with van der Waals surface area (Å²) in [6, 6.07) is 17.1. The second-order valence-electron chi connectivity index (χ2n) is 8.65. The number of aryl methyl sites for hydroxylation is 1. The van der Waals surface area contributed by atoms with Crippen molar-refractivity contribution in [1.82, 2.24) is 4.90 Å². The van der Waals surface area contributed by atoms with Crippen molar-refractivity contribution >= 4 is 29.8 Å². The quantitative estimate of drug-likeness (QED) is 0.343. The van der Waals surface area contributed by atoms with Gasteiger partial charge in [-0.15, -0.1) is 0 Å². The number of nitrogens with zero attached hydrogens (tertiary/aromatic N) is 2. The summed E-state index contributed by atoms with van der Waals surface area (Å²) >= 11 is -2.03. The normalized spacial score (nSPS) is 18.5. The summed E-state index contributed by atoms with van der Waals surface area (Å²) in [5.74, 6) is 1.16. The third-order valence-electron chi connectivity index (χ3n) is 5.71. The first-order valence-corrected chi connectivity index (χ1v) is 16.1. The summed E-state index contributed by atoms with van der Waals surface area (Å²) in [6.07, 6.45) is 20.2. The molecule has 2 aromatic rings. The van der Waals surface area contributed by atoms with Crippen LogP contribution in [0.4, 0.5) is 0 Å². The molecule has 1 unspecified atom stereocenters. The zero-order valence-corrected chi connectivity index (χ0v) is 25.3. The molecule has 7 heteroatoms. The topological polar surface area (TPSA) is 49.7 Å². The average Bonchev–Trinajstić information content (AvgIpc) is 3.59. The number of sulfonamides is 1. The van der Waals surface area contributed by atoms with Crippen LogP contribution in [0.15, 0.2) is 68.9 Å². The van der Waals surface area contributed by atoms with E-state index in [0.717, 1.165) is 21.9 Å². The molecule has 2 atom stereocenters. The minimum atomic E-state index is -3.73. The van der Waals surface area contributed by atoms with Crippen LogP contribution < -0.4 is 0 Å². The largest absolute Gasteiger partial charge is 0.0312 e. The van der Waals surface area contributed by atoms with E-state index >= 15 is 0 Å². The molecular weight excluding hydrogens is 587 g/mol. The molecule has 2 aliphatic carbocycles. The molecule has 37 heavy (non-hydrogen) atoms. The van der Waals surface area contributed by atoms with Crippen molar-refractivity contribution in [3.8, 4) is 0 Å². The van der Waals surface area contributed by atoms with Gasteiger partial charge in [-0.05, 0) is 32.1 Å². The Morgan fingerprint density at radius 2 is 1.49 bits per heavy atom. The minimum Gasteiger partial charge on any atom is -0.0312 e. The maximum absolute atomic E-state index is 13.1. The first-order chi connectivity index (χ1) is 17.3. The van der Waals surface area contributed by atoms with Gasteiger partial charge < -0.3 is 0 Å². The number of rotatable bonds is 8. The predicted molar refractivity (Wildman–Crippen MR) is 151 cm³/mol. The maximum Gasteiger partial charge on any atom is 0 e. The van der Waals surface area contributed by atoms with E-state index in [0.29, 0.717) is 5.32 Å². The molecule has 2 aromatic carbocycles. The third-order valence-corrected chi connectivity index (χ3v) is 12.2. The Balaban J connectivity index is 0.000000716. The Morgan fingerprint density at radius 1 is 0.892 bits per heavy atom. The summed E-state index contributed by atoms with van der Waals surface area (Å²) < 4.78 is 30.8. The van der Waals surface area contributed by atoms with E-state index in [-0.39, 0.29) is 28.0 Å². The third kappa shape index (κ3) is 10.2. The van der Waals surface area contributed by atoms with Crippen molar-refractivity contribution in [3.63, 3.8) is 0 Å². The van der Waals surface area contributed by atoms with Gasteiger partial charge in [-0.2, -0.15) is 0 Å². The Kier molecular flexibility index (Phi) is 14.0. The molecule has 0 aliphatic heterocycles. The second kappa shape index (κ2) is 16.1. The van der Waals surface area contributed by atoms with E-state index in [1.54, 1.807) is 12.1 Å². The molecule has 0 heterocycles. The number of benzene rings is 2. The maximum atomic E-state index is 13.1. The zero-order chi connectivity index (χ0) is 26.0. The molecule has 0 spiro atoms. The van der Waals surface area contributed by atoms with Gasteiger partial charge >= 0.3 is 192 Å². The van der Waals surface area contributed by atoms with Crippen LogP contribution in [0.25, 0.3) is 6.08 Å². The summed E-state index contributed by atoms with van der Waals surface area (Å²) in [7, 11) is 0.340. The second-order valence-corrected chi connectivity index (χ2v) is 14.3. The fourth-order valence-corrected chi connectivity index (χ4v) is 9.84. The summed E-state index contributed by atoms with van der Waals surface area (Å²) in [5.41, 5.74) is 2.12. The number of hydrogen-bond acceptors (Lipinski definition) is 3. The van der Waals surface area contributed by atoms with Gasteiger partial charge in [-0.25, -0.2) is 0 Å². The van der Waals surface area contributed by atoms with Crippen molar-refractivity contribution in [1.29, 1.82) is 0 Å². The van der Waals surface area contributed by atoms with Crippen LogP contribution in [-0.2, 0) is 27.1 Å². The van der Waals surface area contributed by atoms with Gasteiger partial charge in [0, 0.05) is 17.1 Å². The van der Waals surface area contributed by atoms with Crippen molar-refractivity contribution < 1.29 is 25.5 Å². The number of hydrogen-bond donors (Lipinski definition) is 0. The predicted octanol–water partition coefficient (Wildman–Crippen LogP) is 5.94. The van der Waals surface area contributed by atoms with Crippen LogP contribution in [0.1, 0.15) is 18.1 Å². The van der Waals surface area contributed by atoms with Crippen LogP contribution in [0.5, 0.6) is 0 Å². The van der Waals surface area contributed by atoms with E-state index in [1.807, 2.05) is 115 Å². The van der Waals surface area contributed by atoms with Gasteiger partial charge in [-0.3, -0.25) is 0 Å². The van der Waals surface area contributed by atoms with Crippen LogP contribution in [0.3, 0.4) is 0 Å². The standard InChI is InChI=1S/C25H29N2O2SSe.C5H5.Fe/c1-20-15-17-23(18-16-20)30(28,29)26-31(19-9-12-22-10-6-5-7-11-22)25-14-8-13-24(25)21(2)27(3)4;1-2-4-5-3-1;/h5-18,21H,19H2,1-4H3;1-5H;/b12-9-;;/t21-,31?;;/m1../s1. The fraction of sp³-hybridized carbons (Fsp3) is 0.200. The van der Waals surface area contributed by atoms with Gasteiger partial charge in [0.15, 0.2) is 0 Å². The van der Waals surface area contributed by atoms with E-state index in [2.05, 4.69) is 27.7 Å². The molecule has 0 N–H and O–H groups in total. The van der Waals surface area contributed by atoms with E-state index in [4.69, 9.17) is 0 Å². The molecule has 2 saturated carbocycles. The summed E-state index contributed by atoms with van der Waals surface area (Å²) in [4.78, 5) is 3.47. The Labute approximate surface area is 240 Å². The summed E-state index contributed by atoms with van der Waals surface area (Å²) in [6.45, 7) is 4.08. The number of allylic oxidation sites excluding steroid dienone is 1. The molecule has 4 rings (SSSR count). The first-order valence-electron chi connectivity index (χ1n) is 11.8. The molecule has 0 saturated heterocycles. The van der Waals surface area contributed by atoms with Gasteiger partial charge in [-0.1, -0.05) is 0 Å². The van der Waals surface area contributed by atoms with Gasteiger partial charge in [0.2, 0.25) is 0 Å². The van der Waals surface area contributed by atoms with Gasteiger partial charge in [0.05, 0.1) is 0 Å². The summed E-state index contributed by atoms with van der Waals surface area (Å²) in [5, 5.41) is 0.622. The first kappa shape index (κ1) is 32.1. The van der Waals surface area contributed by atoms with Crippen molar-refractivity contribution in [2.45, 2.75) is 30.1 Å². The SMILES string of the molecule is Cc1ccc(S(=O)(=O)/N=[Se](\C/C=C\c2ccccc2)[C]2[CH][CH][CH][C]2[C@@H](C)N(C)C)cc1.[CH]1[CH][CH][CH][CH]1.[Fe].